The second-order valence-electron chi connectivity index (χ2n) is 7.32. The van der Waals surface area contributed by atoms with Crippen LogP contribution < -0.4 is 16.2 Å². The van der Waals surface area contributed by atoms with E-state index in [2.05, 4.69) is 11.1 Å². The zero-order valence-corrected chi connectivity index (χ0v) is 16.0. The van der Waals surface area contributed by atoms with Crippen molar-refractivity contribution in [2.45, 2.75) is 31.3 Å². The number of H-pyrrole nitrogens is 1. The van der Waals surface area contributed by atoms with Crippen LogP contribution in [-0.2, 0) is 11.2 Å². The molecular formula is C22H23N5O2. The largest absolute Gasteiger partial charge is 0.457 e. The molecule has 5 N–H and O–H groups in total. The van der Waals surface area contributed by atoms with Gasteiger partial charge in [0, 0.05) is 29.3 Å². The van der Waals surface area contributed by atoms with Crippen molar-refractivity contribution in [1.82, 2.24) is 9.88 Å². The monoisotopic (exact) mass is 389 g/mol. The number of anilines is 1. The van der Waals surface area contributed by atoms with Crippen molar-refractivity contribution >= 4 is 22.5 Å². The summed E-state index contributed by atoms with van der Waals surface area (Å²) in [6.45, 7) is 0.595. The number of likely N-dealkylation sites (tertiary alicyclic amines) is 1. The standard InChI is InChI=1S/C22H23N5O2/c23-12-16-2-1-9-27(16)22(28)20(25)10-14-13-26-21-8-7-18(11-19(14)21)29-17-5-3-15(24)4-6-17/h3-8,11,13,16,20,26H,1-2,9-10,24-25H2/t16-,20?/m0/s1. The molecule has 29 heavy (non-hydrogen) atoms. The van der Waals surface area contributed by atoms with E-state index < -0.39 is 6.04 Å². The highest BCUT2D eigenvalue weighted by Crippen LogP contribution is 2.28. The molecule has 0 bridgehead atoms. The van der Waals surface area contributed by atoms with E-state index in [1.165, 1.54) is 0 Å². The summed E-state index contributed by atoms with van der Waals surface area (Å²) in [6.07, 6.45) is 3.82. The fraction of sp³-hybridized carbons (Fsp3) is 0.273. The van der Waals surface area contributed by atoms with Gasteiger partial charge in [-0.05, 0) is 67.3 Å². The number of nitrogen functional groups attached to an aromatic ring is 1. The quantitative estimate of drug-likeness (QED) is 0.579. The Morgan fingerprint density at radius 3 is 2.79 bits per heavy atom. The molecule has 2 atom stereocenters. The van der Waals surface area contributed by atoms with Gasteiger partial charge < -0.3 is 26.1 Å². The lowest BCUT2D eigenvalue weighted by atomic mass is 10.0. The molecule has 3 aromatic rings. The number of fused-ring (bicyclic) bond motifs is 1. The molecule has 7 nitrogen and oxygen atoms in total. The van der Waals surface area contributed by atoms with Crippen LogP contribution in [-0.4, -0.2) is 34.4 Å². The van der Waals surface area contributed by atoms with Crippen LogP contribution in [0.5, 0.6) is 11.5 Å². The fourth-order valence-corrected chi connectivity index (χ4v) is 3.76. The average Bonchev–Trinajstić information content (AvgIpc) is 3.36. The third kappa shape index (κ3) is 3.89. The van der Waals surface area contributed by atoms with E-state index in [-0.39, 0.29) is 11.9 Å². The summed E-state index contributed by atoms with van der Waals surface area (Å²) in [5.74, 6) is 1.21. The molecule has 4 rings (SSSR count). The van der Waals surface area contributed by atoms with E-state index in [4.69, 9.17) is 16.2 Å². The van der Waals surface area contributed by atoms with Crippen molar-refractivity contribution < 1.29 is 9.53 Å². The molecule has 0 saturated carbocycles. The number of rotatable bonds is 5. The van der Waals surface area contributed by atoms with Crippen molar-refractivity contribution in [3.05, 3.63) is 54.2 Å². The van der Waals surface area contributed by atoms with E-state index in [9.17, 15) is 10.1 Å². The Hall–Kier alpha value is -3.50. The number of amides is 1. The van der Waals surface area contributed by atoms with Crippen molar-refractivity contribution in [3.8, 4) is 17.6 Å². The highest BCUT2D eigenvalue weighted by atomic mass is 16.5. The van der Waals surface area contributed by atoms with E-state index in [0.29, 0.717) is 36.6 Å². The third-order valence-electron chi connectivity index (χ3n) is 5.30. The average molecular weight is 389 g/mol. The number of hydrogen-bond acceptors (Lipinski definition) is 5. The zero-order valence-electron chi connectivity index (χ0n) is 16.0. The Kier molecular flexibility index (Phi) is 5.10. The molecule has 1 saturated heterocycles. The topological polar surface area (TPSA) is 121 Å². The molecule has 7 heteroatoms. The van der Waals surface area contributed by atoms with Crippen LogP contribution >= 0.6 is 0 Å². The van der Waals surface area contributed by atoms with Crippen molar-refractivity contribution in [2.24, 2.45) is 5.73 Å². The molecule has 1 aliphatic heterocycles. The normalized spacial score (nSPS) is 17.2. The van der Waals surface area contributed by atoms with Gasteiger partial charge in [0.1, 0.15) is 17.5 Å². The first-order chi connectivity index (χ1) is 14.0. The second kappa shape index (κ2) is 7.86. The number of nitrogens with zero attached hydrogens (tertiary/aromatic N) is 2. The van der Waals surface area contributed by atoms with Crippen molar-refractivity contribution in [1.29, 1.82) is 5.26 Å². The van der Waals surface area contributed by atoms with E-state index in [1.54, 1.807) is 17.0 Å². The smallest absolute Gasteiger partial charge is 0.240 e. The number of aromatic nitrogens is 1. The molecule has 2 heterocycles. The summed E-state index contributed by atoms with van der Waals surface area (Å²) in [5, 5.41) is 10.2. The predicted octanol–water partition coefficient (Wildman–Crippen LogP) is 2.93. The summed E-state index contributed by atoms with van der Waals surface area (Å²) < 4.78 is 5.92. The number of carbonyl (C=O) groups excluding carboxylic acids is 1. The van der Waals surface area contributed by atoms with Gasteiger partial charge in [-0.2, -0.15) is 5.26 Å². The maximum Gasteiger partial charge on any atom is 0.240 e. The van der Waals surface area contributed by atoms with Crippen LogP contribution in [0.4, 0.5) is 5.69 Å². The van der Waals surface area contributed by atoms with Crippen LogP contribution in [0, 0.1) is 11.3 Å². The molecule has 0 spiro atoms. The number of ether oxygens (including phenoxy) is 1. The van der Waals surface area contributed by atoms with Crippen LogP contribution in [0.3, 0.4) is 0 Å². The number of nitrogens with two attached hydrogens (primary N) is 2. The summed E-state index contributed by atoms with van der Waals surface area (Å²) in [5.41, 5.74) is 14.5. The predicted molar refractivity (Wildman–Crippen MR) is 111 cm³/mol. The van der Waals surface area contributed by atoms with Crippen LogP contribution in [0.15, 0.2) is 48.7 Å². The van der Waals surface area contributed by atoms with Gasteiger partial charge >= 0.3 is 0 Å². The van der Waals surface area contributed by atoms with Gasteiger partial charge in [0.15, 0.2) is 0 Å². The molecule has 1 fully saturated rings. The first-order valence-electron chi connectivity index (χ1n) is 9.64. The highest BCUT2D eigenvalue weighted by Gasteiger charge is 2.31. The minimum Gasteiger partial charge on any atom is -0.457 e. The Bertz CT molecular complexity index is 1070. The van der Waals surface area contributed by atoms with E-state index in [1.807, 2.05) is 36.5 Å². The lowest BCUT2D eigenvalue weighted by Crippen LogP contribution is -2.46. The molecule has 0 radical (unpaired) electrons. The lowest BCUT2D eigenvalue weighted by molar-refractivity contribution is -0.132. The molecule has 1 aliphatic rings. The van der Waals surface area contributed by atoms with Crippen molar-refractivity contribution in [3.63, 3.8) is 0 Å². The molecule has 1 amide bonds. The third-order valence-corrected chi connectivity index (χ3v) is 5.30. The summed E-state index contributed by atoms with van der Waals surface area (Å²) in [7, 11) is 0. The molecule has 2 aromatic carbocycles. The van der Waals surface area contributed by atoms with Gasteiger partial charge in [-0.25, -0.2) is 0 Å². The Balaban J connectivity index is 1.52. The first kappa shape index (κ1) is 18.8. The molecule has 1 unspecified atom stereocenters. The number of benzene rings is 2. The van der Waals surface area contributed by atoms with Gasteiger partial charge in [-0.15, -0.1) is 0 Å². The maximum absolute atomic E-state index is 12.7. The van der Waals surface area contributed by atoms with Gasteiger partial charge in [0.05, 0.1) is 12.1 Å². The second-order valence-corrected chi connectivity index (χ2v) is 7.32. The Morgan fingerprint density at radius 2 is 2.03 bits per heavy atom. The minimum atomic E-state index is -0.690. The lowest BCUT2D eigenvalue weighted by Gasteiger charge is -2.23. The molecular weight excluding hydrogens is 366 g/mol. The number of nitrogens with one attached hydrogen (secondary N) is 1. The number of aromatic amines is 1. The Labute approximate surface area is 168 Å². The summed E-state index contributed by atoms with van der Waals surface area (Å²) in [6, 6.07) is 14.1. The highest BCUT2D eigenvalue weighted by molar-refractivity contribution is 5.87. The van der Waals surface area contributed by atoms with Crippen LogP contribution in [0.2, 0.25) is 0 Å². The number of nitriles is 1. The molecule has 1 aromatic heterocycles. The summed E-state index contributed by atoms with van der Waals surface area (Å²) in [4.78, 5) is 17.5. The Morgan fingerprint density at radius 1 is 1.28 bits per heavy atom. The van der Waals surface area contributed by atoms with Crippen LogP contribution in [0.25, 0.3) is 10.9 Å². The number of hydrogen-bond donors (Lipinski definition) is 3. The molecule has 0 aliphatic carbocycles. The van der Waals surface area contributed by atoms with Gasteiger partial charge in [-0.3, -0.25) is 4.79 Å². The van der Waals surface area contributed by atoms with Gasteiger partial charge in [0.2, 0.25) is 5.91 Å². The number of carbonyl (C=O) groups is 1. The first-order valence-corrected chi connectivity index (χ1v) is 9.64. The zero-order chi connectivity index (χ0) is 20.4. The van der Waals surface area contributed by atoms with E-state index >= 15 is 0 Å². The SMILES string of the molecule is N#C[C@@H]1CCCN1C(=O)C(N)Cc1c[nH]c2ccc(Oc3ccc(N)cc3)cc12. The van der Waals surface area contributed by atoms with Gasteiger partial charge in [-0.1, -0.05) is 0 Å². The maximum atomic E-state index is 12.7. The van der Waals surface area contributed by atoms with Crippen LogP contribution in [0.1, 0.15) is 18.4 Å². The molecule has 148 valence electrons. The van der Waals surface area contributed by atoms with Gasteiger partial charge in [0.25, 0.3) is 0 Å². The van der Waals surface area contributed by atoms with E-state index in [0.717, 1.165) is 22.9 Å². The summed E-state index contributed by atoms with van der Waals surface area (Å²) >= 11 is 0. The fourth-order valence-electron chi connectivity index (χ4n) is 3.76. The van der Waals surface area contributed by atoms with Crippen molar-refractivity contribution in [2.75, 3.05) is 12.3 Å². The minimum absolute atomic E-state index is 0.169.